The molecule has 0 amide bonds. The number of Topliss-reactive ketones (excluding diaryl/α,β-unsaturated/α-hetero) is 1. The molecular formula is C15H18ClNO5S. The number of halogens is 1. The Bertz CT molecular complexity index is 678. The van der Waals surface area contributed by atoms with Gasteiger partial charge in [0.05, 0.1) is 10.8 Å². The molecule has 23 heavy (non-hydrogen) atoms. The van der Waals surface area contributed by atoms with E-state index in [0.29, 0.717) is 17.9 Å². The van der Waals surface area contributed by atoms with Crippen molar-refractivity contribution in [2.75, 3.05) is 19.7 Å². The van der Waals surface area contributed by atoms with Crippen molar-refractivity contribution < 1.29 is 22.7 Å². The summed E-state index contributed by atoms with van der Waals surface area (Å²) in [7, 11) is -3.59. The number of hydrogen-bond donors (Lipinski definition) is 0. The fourth-order valence-electron chi connectivity index (χ4n) is 2.38. The van der Waals surface area contributed by atoms with Crippen LogP contribution in [0.5, 0.6) is 0 Å². The van der Waals surface area contributed by atoms with Crippen molar-refractivity contribution in [1.82, 2.24) is 4.31 Å². The van der Waals surface area contributed by atoms with E-state index in [1.807, 2.05) is 0 Å². The van der Waals surface area contributed by atoms with Gasteiger partial charge in [-0.25, -0.2) is 8.42 Å². The summed E-state index contributed by atoms with van der Waals surface area (Å²) in [6, 6.07) is 5.98. The predicted molar refractivity (Wildman–Crippen MR) is 84.6 cm³/mol. The minimum Gasteiger partial charge on any atom is -0.457 e. The van der Waals surface area contributed by atoms with Gasteiger partial charge in [0, 0.05) is 18.1 Å². The molecule has 1 aromatic carbocycles. The summed E-state index contributed by atoms with van der Waals surface area (Å²) < 4.78 is 31.3. The van der Waals surface area contributed by atoms with Crippen LogP contribution in [-0.4, -0.2) is 44.2 Å². The van der Waals surface area contributed by atoms with E-state index in [0.717, 1.165) is 0 Å². The lowest BCUT2D eigenvalue weighted by molar-refractivity contribution is -0.152. The Labute approximate surface area is 140 Å². The molecule has 126 valence electrons. The number of rotatable bonds is 5. The van der Waals surface area contributed by atoms with Crippen molar-refractivity contribution in [1.29, 1.82) is 0 Å². The van der Waals surface area contributed by atoms with Crippen molar-refractivity contribution in [3.63, 3.8) is 0 Å². The van der Waals surface area contributed by atoms with Gasteiger partial charge in [0.15, 0.2) is 5.78 Å². The summed E-state index contributed by atoms with van der Waals surface area (Å²) in [6.45, 7) is 1.59. The summed E-state index contributed by atoms with van der Waals surface area (Å²) >= 11 is 5.77. The topological polar surface area (TPSA) is 80.8 Å². The smallest absolute Gasteiger partial charge is 0.309 e. The standard InChI is InChI=1S/C15H18ClNO5S/c1-11(18)10-22-15(19)12-6-8-17(9-7-12)23(20,21)14-4-2-13(16)3-5-14/h2-5,12H,6-10H2,1H3. The van der Waals surface area contributed by atoms with E-state index in [9.17, 15) is 18.0 Å². The second-order valence-electron chi connectivity index (χ2n) is 5.44. The number of benzene rings is 1. The second-order valence-corrected chi connectivity index (χ2v) is 7.82. The highest BCUT2D eigenvalue weighted by Crippen LogP contribution is 2.25. The normalized spacial score (nSPS) is 17.0. The van der Waals surface area contributed by atoms with E-state index in [-0.39, 0.29) is 36.3 Å². The molecule has 8 heteroatoms. The van der Waals surface area contributed by atoms with Crippen molar-refractivity contribution in [3.05, 3.63) is 29.3 Å². The molecule has 0 radical (unpaired) electrons. The summed E-state index contributed by atoms with van der Waals surface area (Å²) in [5.41, 5.74) is 0. The minimum absolute atomic E-state index is 0.180. The first-order valence-corrected chi connectivity index (χ1v) is 9.04. The molecule has 1 saturated heterocycles. The molecule has 0 aromatic heterocycles. The van der Waals surface area contributed by atoms with Gasteiger partial charge in [0.1, 0.15) is 6.61 Å². The van der Waals surface area contributed by atoms with Gasteiger partial charge in [-0.1, -0.05) is 11.6 Å². The van der Waals surface area contributed by atoms with Gasteiger partial charge in [-0.3, -0.25) is 9.59 Å². The molecule has 0 unspecified atom stereocenters. The van der Waals surface area contributed by atoms with E-state index in [1.54, 1.807) is 0 Å². The molecule has 0 N–H and O–H groups in total. The Morgan fingerprint density at radius 2 is 1.78 bits per heavy atom. The van der Waals surface area contributed by atoms with Gasteiger partial charge in [-0.2, -0.15) is 4.31 Å². The molecule has 1 heterocycles. The fourth-order valence-corrected chi connectivity index (χ4v) is 3.97. The molecule has 0 aliphatic carbocycles. The van der Waals surface area contributed by atoms with E-state index >= 15 is 0 Å². The molecule has 0 bridgehead atoms. The van der Waals surface area contributed by atoms with E-state index < -0.39 is 16.0 Å². The average molecular weight is 360 g/mol. The molecule has 1 aliphatic heterocycles. The largest absolute Gasteiger partial charge is 0.457 e. The summed E-state index contributed by atoms with van der Waals surface area (Å²) in [5, 5.41) is 0.468. The van der Waals surface area contributed by atoms with E-state index in [1.165, 1.54) is 35.5 Å². The Hall–Kier alpha value is -1.44. The monoisotopic (exact) mass is 359 g/mol. The van der Waals surface area contributed by atoms with Crippen molar-refractivity contribution in [2.45, 2.75) is 24.7 Å². The summed E-state index contributed by atoms with van der Waals surface area (Å²) in [6.07, 6.45) is 0.757. The molecule has 2 rings (SSSR count). The van der Waals surface area contributed by atoms with Crippen LogP contribution in [0, 0.1) is 5.92 Å². The highest BCUT2D eigenvalue weighted by molar-refractivity contribution is 7.89. The number of ketones is 1. The second kappa shape index (κ2) is 7.42. The third-order valence-corrected chi connectivity index (χ3v) is 5.82. The lowest BCUT2D eigenvalue weighted by Gasteiger charge is -2.30. The van der Waals surface area contributed by atoms with Gasteiger partial charge in [-0.05, 0) is 44.0 Å². The molecule has 1 fully saturated rings. The number of piperidine rings is 1. The van der Waals surface area contributed by atoms with Crippen LogP contribution < -0.4 is 0 Å². The number of ether oxygens (including phenoxy) is 1. The highest BCUT2D eigenvalue weighted by Gasteiger charge is 2.32. The van der Waals surface area contributed by atoms with Crippen LogP contribution in [0.25, 0.3) is 0 Å². The Morgan fingerprint density at radius 1 is 1.22 bits per heavy atom. The number of nitrogens with zero attached hydrogens (tertiary/aromatic N) is 1. The Morgan fingerprint density at radius 3 is 2.30 bits per heavy atom. The first-order chi connectivity index (χ1) is 10.8. The van der Waals surface area contributed by atoms with E-state index in [2.05, 4.69) is 0 Å². The molecule has 1 aromatic rings. The van der Waals surface area contributed by atoms with Gasteiger partial charge in [-0.15, -0.1) is 0 Å². The summed E-state index contributed by atoms with van der Waals surface area (Å²) in [5.74, 6) is -1.03. The van der Waals surface area contributed by atoms with Crippen LogP contribution in [0.1, 0.15) is 19.8 Å². The third-order valence-electron chi connectivity index (χ3n) is 3.66. The van der Waals surface area contributed by atoms with Gasteiger partial charge < -0.3 is 4.74 Å². The lowest BCUT2D eigenvalue weighted by atomic mass is 9.98. The zero-order valence-electron chi connectivity index (χ0n) is 12.7. The zero-order valence-corrected chi connectivity index (χ0v) is 14.3. The van der Waals surface area contributed by atoms with Gasteiger partial charge in [0.2, 0.25) is 10.0 Å². The first kappa shape index (κ1) is 17.9. The lowest BCUT2D eigenvalue weighted by Crippen LogP contribution is -2.40. The molecule has 1 aliphatic rings. The highest BCUT2D eigenvalue weighted by atomic mass is 35.5. The summed E-state index contributed by atoms with van der Waals surface area (Å²) in [4.78, 5) is 22.8. The predicted octanol–water partition coefficient (Wildman–Crippen LogP) is 1.87. The van der Waals surface area contributed by atoms with E-state index in [4.69, 9.17) is 16.3 Å². The molecule has 0 atom stereocenters. The first-order valence-electron chi connectivity index (χ1n) is 7.22. The third kappa shape index (κ3) is 4.53. The van der Waals surface area contributed by atoms with Crippen LogP contribution in [0.2, 0.25) is 5.02 Å². The van der Waals surface area contributed by atoms with Gasteiger partial charge >= 0.3 is 5.97 Å². The maximum absolute atomic E-state index is 12.5. The SMILES string of the molecule is CC(=O)COC(=O)C1CCN(S(=O)(=O)c2ccc(Cl)cc2)CC1. The average Bonchev–Trinajstić information content (AvgIpc) is 2.53. The number of hydrogen-bond acceptors (Lipinski definition) is 5. The van der Waals surface area contributed by atoms with Gasteiger partial charge in [0.25, 0.3) is 0 Å². The fraction of sp³-hybridized carbons (Fsp3) is 0.467. The Kier molecular flexibility index (Phi) is 5.78. The van der Waals surface area contributed by atoms with Crippen molar-refractivity contribution >= 4 is 33.4 Å². The van der Waals surface area contributed by atoms with Crippen LogP contribution in [0.3, 0.4) is 0 Å². The number of sulfonamides is 1. The van der Waals surface area contributed by atoms with Crippen LogP contribution >= 0.6 is 11.6 Å². The molecule has 0 saturated carbocycles. The molecule has 6 nitrogen and oxygen atoms in total. The number of carbonyl (C=O) groups is 2. The minimum atomic E-state index is -3.59. The van der Waals surface area contributed by atoms with Crippen molar-refractivity contribution in [3.8, 4) is 0 Å². The maximum Gasteiger partial charge on any atom is 0.309 e. The number of esters is 1. The molecular weight excluding hydrogens is 342 g/mol. The Balaban J connectivity index is 1.97. The van der Waals surface area contributed by atoms with Crippen LogP contribution in [-0.2, 0) is 24.3 Å². The van der Waals surface area contributed by atoms with Crippen LogP contribution in [0.4, 0.5) is 0 Å². The zero-order chi connectivity index (χ0) is 17.0. The van der Waals surface area contributed by atoms with Crippen molar-refractivity contribution in [2.24, 2.45) is 5.92 Å². The quantitative estimate of drug-likeness (QED) is 0.750. The maximum atomic E-state index is 12.5. The van der Waals surface area contributed by atoms with Crippen LogP contribution in [0.15, 0.2) is 29.2 Å². The number of carbonyl (C=O) groups excluding carboxylic acids is 2. The molecule has 0 spiro atoms.